The summed E-state index contributed by atoms with van der Waals surface area (Å²) in [6, 6.07) is 0. The average Bonchev–Trinajstić information content (AvgIpc) is 3.23. The molecule has 2 aromatic rings. The molecule has 1 saturated heterocycles. The number of ether oxygens (including phenoxy) is 1. The van der Waals surface area contributed by atoms with Crippen molar-refractivity contribution in [3.05, 3.63) is 27.9 Å². The zero-order valence-corrected chi connectivity index (χ0v) is 14.3. The third kappa shape index (κ3) is 3.42. The first-order chi connectivity index (χ1) is 11.1. The molecule has 0 N–H and O–H groups in total. The molecule has 0 radical (unpaired) electrons. The molecule has 7 nitrogen and oxygen atoms in total. The van der Waals surface area contributed by atoms with Crippen molar-refractivity contribution in [3.63, 3.8) is 0 Å². The first-order valence-electron chi connectivity index (χ1n) is 7.77. The molecule has 0 saturated carbocycles. The van der Waals surface area contributed by atoms with Crippen molar-refractivity contribution in [3.8, 4) is 0 Å². The lowest BCUT2D eigenvalue weighted by Crippen LogP contribution is -2.42. The molecule has 0 aliphatic carbocycles. The average molecular weight is 336 g/mol. The van der Waals surface area contributed by atoms with E-state index < -0.39 is 0 Å². The molecule has 8 heteroatoms. The van der Waals surface area contributed by atoms with E-state index in [1.54, 1.807) is 11.1 Å². The number of carbonyl (C=O) groups excluding carboxylic acids is 1. The fourth-order valence-corrected chi connectivity index (χ4v) is 3.15. The number of hydrogen-bond acceptors (Lipinski definition) is 7. The van der Waals surface area contributed by atoms with E-state index in [4.69, 9.17) is 9.15 Å². The first kappa shape index (κ1) is 16.1. The van der Waals surface area contributed by atoms with Crippen molar-refractivity contribution in [2.45, 2.75) is 39.2 Å². The van der Waals surface area contributed by atoms with Crippen molar-refractivity contribution >= 4 is 17.2 Å². The molecular formula is C15H20N4O3S. The quantitative estimate of drug-likeness (QED) is 0.853. The number of rotatable bonds is 4. The van der Waals surface area contributed by atoms with Crippen molar-refractivity contribution < 1.29 is 13.9 Å². The van der Waals surface area contributed by atoms with Crippen LogP contribution in [0.4, 0.5) is 0 Å². The molecule has 1 amide bonds. The first-order valence-corrected chi connectivity index (χ1v) is 8.59. The van der Waals surface area contributed by atoms with Gasteiger partial charge in [-0.1, -0.05) is 20.8 Å². The van der Waals surface area contributed by atoms with Gasteiger partial charge in [-0.3, -0.25) is 4.79 Å². The largest absolute Gasteiger partial charge is 0.422 e. The third-order valence-corrected chi connectivity index (χ3v) is 4.78. The van der Waals surface area contributed by atoms with E-state index in [1.165, 1.54) is 11.3 Å². The molecule has 23 heavy (non-hydrogen) atoms. The van der Waals surface area contributed by atoms with Crippen LogP contribution < -0.4 is 0 Å². The van der Waals surface area contributed by atoms with E-state index in [0.717, 1.165) is 11.4 Å². The van der Waals surface area contributed by atoms with Crippen LogP contribution in [0, 0.1) is 0 Å². The van der Waals surface area contributed by atoms with Crippen LogP contribution >= 0.6 is 11.3 Å². The summed E-state index contributed by atoms with van der Waals surface area (Å²) in [5.74, 6) is 1.17. The molecule has 2 aromatic heterocycles. The number of thiazole rings is 1. The van der Waals surface area contributed by atoms with Crippen LogP contribution in [0.5, 0.6) is 0 Å². The molecule has 0 spiro atoms. The lowest BCUT2D eigenvalue weighted by molar-refractivity contribution is -0.0349. The number of aryl methyl sites for hydroxylation is 1. The summed E-state index contributed by atoms with van der Waals surface area (Å²) in [5.41, 5.74) is 0. The molecule has 1 aliphatic rings. The molecule has 0 unspecified atom stereocenters. The number of hydrogen-bond donors (Lipinski definition) is 0. The summed E-state index contributed by atoms with van der Waals surface area (Å²) in [6.07, 6.45) is 2.12. The van der Waals surface area contributed by atoms with E-state index in [2.05, 4.69) is 15.2 Å². The second-order valence-corrected chi connectivity index (χ2v) is 6.83. The Hall–Kier alpha value is -1.80. The lowest BCUT2D eigenvalue weighted by atomic mass is 10.2. The highest BCUT2D eigenvalue weighted by Crippen LogP contribution is 2.25. The van der Waals surface area contributed by atoms with Crippen molar-refractivity contribution in [2.75, 3.05) is 19.7 Å². The topological polar surface area (TPSA) is 81.4 Å². The zero-order chi connectivity index (χ0) is 16.4. The summed E-state index contributed by atoms with van der Waals surface area (Å²) in [4.78, 5) is 19.3. The summed E-state index contributed by atoms with van der Waals surface area (Å²) in [7, 11) is 0. The Labute approximate surface area is 138 Å². The maximum Gasteiger partial charge on any atom is 0.265 e. The predicted octanol–water partition coefficient (Wildman–Crippen LogP) is 2.43. The van der Waals surface area contributed by atoms with Gasteiger partial charge < -0.3 is 14.1 Å². The Morgan fingerprint density at radius 1 is 1.48 bits per heavy atom. The molecule has 0 bridgehead atoms. The molecule has 1 fully saturated rings. The Bertz CT molecular complexity index is 682. The maximum atomic E-state index is 12.6. The Morgan fingerprint density at radius 2 is 2.30 bits per heavy atom. The fourth-order valence-electron chi connectivity index (χ4n) is 2.32. The summed E-state index contributed by atoms with van der Waals surface area (Å²) < 4.78 is 11.3. The second-order valence-electron chi connectivity index (χ2n) is 5.72. The van der Waals surface area contributed by atoms with Gasteiger partial charge in [0.25, 0.3) is 5.91 Å². The van der Waals surface area contributed by atoms with Crippen LogP contribution in [0.15, 0.2) is 10.6 Å². The molecule has 3 heterocycles. The van der Waals surface area contributed by atoms with Crippen LogP contribution in [0.2, 0.25) is 0 Å². The third-order valence-electron chi connectivity index (χ3n) is 3.65. The predicted molar refractivity (Wildman–Crippen MR) is 84.5 cm³/mol. The fraction of sp³-hybridized carbons (Fsp3) is 0.600. The minimum absolute atomic E-state index is 0.0147. The van der Waals surface area contributed by atoms with Crippen molar-refractivity contribution in [1.82, 2.24) is 20.1 Å². The van der Waals surface area contributed by atoms with Gasteiger partial charge in [0.2, 0.25) is 11.8 Å². The number of carbonyl (C=O) groups is 1. The van der Waals surface area contributed by atoms with Gasteiger partial charge in [-0.05, 0) is 6.42 Å². The van der Waals surface area contributed by atoms with E-state index in [-0.39, 0.29) is 17.9 Å². The smallest absolute Gasteiger partial charge is 0.265 e. The molecule has 3 rings (SSSR count). The molecule has 124 valence electrons. The van der Waals surface area contributed by atoms with Gasteiger partial charge >= 0.3 is 0 Å². The lowest BCUT2D eigenvalue weighted by Gasteiger charge is -2.30. The monoisotopic (exact) mass is 336 g/mol. The normalized spacial score (nSPS) is 18.6. The second kappa shape index (κ2) is 6.76. The maximum absolute atomic E-state index is 12.6. The highest BCUT2D eigenvalue weighted by Gasteiger charge is 2.30. The molecule has 0 aromatic carbocycles. The van der Waals surface area contributed by atoms with Crippen LogP contribution in [-0.4, -0.2) is 45.7 Å². The van der Waals surface area contributed by atoms with Gasteiger partial charge in [0.05, 0.1) is 24.4 Å². The Morgan fingerprint density at radius 3 is 2.96 bits per heavy atom. The van der Waals surface area contributed by atoms with Crippen LogP contribution in [-0.2, 0) is 11.2 Å². The number of morpholine rings is 1. The molecule has 1 aliphatic heterocycles. The summed E-state index contributed by atoms with van der Waals surface area (Å²) >= 11 is 1.45. The van der Waals surface area contributed by atoms with E-state index in [9.17, 15) is 4.79 Å². The minimum atomic E-state index is -0.369. The number of aromatic nitrogens is 3. The minimum Gasteiger partial charge on any atom is -0.422 e. The van der Waals surface area contributed by atoms with E-state index in [1.807, 2.05) is 20.8 Å². The van der Waals surface area contributed by atoms with Crippen molar-refractivity contribution in [2.24, 2.45) is 0 Å². The highest BCUT2D eigenvalue weighted by atomic mass is 32.1. The van der Waals surface area contributed by atoms with E-state index in [0.29, 0.717) is 36.4 Å². The number of nitrogens with zero attached hydrogens (tertiary/aromatic N) is 4. The van der Waals surface area contributed by atoms with Gasteiger partial charge in [-0.25, -0.2) is 4.98 Å². The zero-order valence-electron chi connectivity index (χ0n) is 13.5. The Kier molecular flexibility index (Phi) is 4.72. The standard InChI is InChI=1S/C15H20N4O3S/c1-4-12-16-7-11(23-12)15(20)19-5-6-21-10(8-19)14-18-17-13(22-14)9(2)3/h7,9-10H,4-6,8H2,1-3H3/t10-/m1/s1. The van der Waals surface area contributed by atoms with Crippen LogP contribution in [0.25, 0.3) is 0 Å². The van der Waals surface area contributed by atoms with Gasteiger partial charge in [0.1, 0.15) is 4.88 Å². The summed E-state index contributed by atoms with van der Waals surface area (Å²) in [5, 5.41) is 9.05. The van der Waals surface area contributed by atoms with Gasteiger partial charge in [-0.15, -0.1) is 21.5 Å². The number of amides is 1. The van der Waals surface area contributed by atoms with Gasteiger partial charge in [0, 0.05) is 12.5 Å². The summed E-state index contributed by atoms with van der Waals surface area (Å²) in [6.45, 7) is 7.43. The van der Waals surface area contributed by atoms with Crippen LogP contribution in [0.1, 0.15) is 59.3 Å². The van der Waals surface area contributed by atoms with Crippen molar-refractivity contribution in [1.29, 1.82) is 0 Å². The van der Waals surface area contributed by atoms with E-state index >= 15 is 0 Å². The Balaban J connectivity index is 1.71. The van der Waals surface area contributed by atoms with Crippen LogP contribution in [0.3, 0.4) is 0 Å². The molecular weight excluding hydrogens is 316 g/mol. The SMILES string of the molecule is CCc1ncc(C(=O)N2CCO[C@@H](c3nnc(C(C)C)o3)C2)s1. The highest BCUT2D eigenvalue weighted by molar-refractivity contribution is 7.13. The van der Waals surface area contributed by atoms with Gasteiger partial charge in [-0.2, -0.15) is 0 Å². The molecule has 1 atom stereocenters. The van der Waals surface area contributed by atoms with Gasteiger partial charge in [0.15, 0.2) is 6.10 Å².